The van der Waals surface area contributed by atoms with Crippen LogP contribution in [0.2, 0.25) is 0 Å². The molecule has 2 unspecified atom stereocenters. The summed E-state index contributed by atoms with van der Waals surface area (Å²) in [5.41, 5.74) is 7.10. The van der Waals surface area contributed by atoms with E-state index >= 15 is 0 Å². The highest BCUT2D eigenvalue weighted by atomic mass is 79.9. The smallest absolute Gasteiger partial charge is 0.134 e. The average molecular weight is 349 g/mol. The molecular formula is C17H21BrN2O. The van der Waals surface area contributed by atoms with Gasteiger partial charge in [-0.15, -0.1) is 0 Å². The lowest BCUT2D eigenvalue weighted by Gasteiger charge is -2.16. The van der Waals surface area contributed by atoms with Gasteiger partial charge < -0.3 is 10.2 Å². The molecule has 0 saturated carbocycles. The molecule has 21 heavy (non-hydrogen) atoms. The van der Waals surface area contributed by atoms with Crippen LogP contribution < -0.4 is 5.73 Å². The Morgan fingerprint density at radius 2 is 2.05 bits per heavy atom. The van der Waals surface area contributed by atoms with Gasteiger partial charge in [0.1, 0.15) is 11.5 Å². The van der Waals surface area contributed by atoms with Crippen molar-refractivity contribution < 1.29 is 4.42 Å². The zero-order valence-electron chi connectivity index (χ0n) is 12.3. The van der Waals surface area contributed by atoms with E-state index in [4.69, 9.17) is 10.2 Å². The first-order valence-corrected chi connectivity index (χ1v) is 8.24. The Morgan fingerprint density at radius 3 is 2.71 bits per heavy atom. The van der Waals surface area contributed by atoms with Crippen LogP contribution in [0.5, 0.6) is 0 Å². The summed E-state index contributed by atoms with van der Waals surface area (Å²) in [5, 5.41) is 0. The third-order valence-corrected chi connectivity index (χ3v) is 4.75. The van der Waals surface area contributed by atoms with Crippen LogP contribution in [0, 0.1) is 5.92 Å². The quantitative estimate of drug-likeness (QED) is 0.911. The van der Waals surface area contributed by atoms with Crippen LogP contribution in [0.25, 0.3) is 11.3 Å². The van der Waals surface area contributed by atoms with Crippen molar-refractivity contribution in [2.45, 2.75) is 25.9 Å². The monoisotopic (exact) mass is 348 g/mol. The lowest BCUT2D eigenvalue weighted by molar-refractivity contribution is 0.282. The number of hydrogen-bond acceptors (Lipinski definition) is 3. The molecule has 3 nitrogen and oxygen atoms in total. The molecule has 1 aliphatic heterocycles. The van der Waals surface area contributed by atoms with Gasteiger partial charge in [0.2, 0.25) is 0 Å². The van der Waals surface area contributed by atoms with Crippen molar-refractivity contribution in [1.29, 1.82) is 0 Å². The molecule has 112 valence electrons. The number of hydrogen-bond donors (Lipinski definition) is 1. The van der Waals surface area contributed by atoms with Crippen molar-refractivity contribution in [1.82, 2.24) is 4.90 Å². The van der Waals surface area contributed by atoms with E-state index in [2.05, 4.69) is 52.0 Å². The van der Waals surface area contributed by atoms with E-state index in [0.717, 1.165) is 41.2 Å². The first-order chi connectivity index (χ1) is 10.1. The number of benzene rings is 1. The highest BCUT2D eigenvalue weighted by Gasteiger charge is 2.25. The zero-order chi connectivity index (χ0) is 14.8. The molecule has 4 heteroatoms. The summed E-state index contributed by atoms with van der Waals surface area (Å²) in [6.07, 6.45) is 1.19. The fourth-order valence-corrected chi connectivity index (χ4v) is 3.15. The molecule has 0 amide bonds. The Bertz CT molecular complexity index is 591. The molecule has 2 atom stereocenters. The molecule has 1 saturated heterocycles. The summed E-state index contributed by atoms with van der Waals surface area (Å²) in [4.78, 5) is 2.43. The molecule has 0 aliphatic carbocycles. The molecule has 0 bridgehead atoms. The highest BCUT2D eigenvalue weighted by molar-refractivity contribution is 9.10. The van der Waals surface area contributed by atoms with E-state index < -0.39 is 0 Å². The Labute approximate surface area is 134 Å². The van der Waals surface area contributed by atoms with Gasteiger partial charge in [-0.25, -0.2) is 0 Å². The van der Waals surface area contributed by atoms with Gasteiger partial charge in [0.05, 0.1) is 6.54 Å². The Balaban J connectivity index is 1.64. The van der Waals surface area contributed by atoms with Gasteiger partial charge in [-0.2, -0.15) is 0 Å². The number of halogens is 1. The zero-order valence-corrected chi connectivity index (χ0v) is 13.8. The van der Waals surface area contributed by atoms with Crippen LogP contribution in [0.1, 0.15) is 19.1 Å². The van der Waals surface area contributed by atoms with Gasteiger partial charge in [0.15, 0.2) is 0 Å². The predicted octanol–water partition coefficient (Wildman–Crippen LogP) is 3.88. The molecule has 1 aliphatic rings. The summed E-state index contributed by atoms with van der Waals surface area (Å²) in [7, 11) is 0. The summed E-state index contributed by atoms with van der Waals surface area (Å²) in [6.45, 7) is 5.17. The van der Waals surface area contributed by atoms with Crippen molar-refractivity contribution in [3.63, 3.8) is 0 Å². The normalized spacial score (nSPS) is 20.8. The van der Waals surface area contributed by atoms with E-state index in [1.165, 1.54) is 6.42 Å². The molecular weight excluding hydrogens is 328 g/mol. The van der Waals surface area contributed by atoms with E-state index in [1.54, 1.807) is 0 Å². The first-order valence-electron chi connectivity index (χ1n) is 7.44. The molecule has 1 aromatic heterocycles. The SMILES string of the molecule is CC(N)C1CCN(Cc2ccc(-c3ccc(Br)cc3)o2)C1. The second-order valence-corrected chi connectivity index (χ2v) is 6.83. The summed E-state index contributed by atoms with van der Waals surface area (Å²) in [6, 6.07) is 12.6. The standard InChI is InChI=1S/C17H21BrN2O/c1-12(19)14-8-9-20(10-14)11-16-6-7-17(21-16)13-2-4-15(18)5-3-13/h2-7,12,14H,8-11,19H2,1H3. The van der Waals surface area contributed by atoms with Gasteiger partial charge in [-0.1, -0.05) is 28.1 Å². The lowest BCUT2D eigenvalue weighted by atomic mass is 10.0. The van der Waals surface area contributed by atoms with Crippen LogP contribution in [-0.4, -0.2) is 24.0 Å². The Morgan fingerprint density at radius 1 is 1.29 bits per heavy atom. The second-order valence-electron chi connectivity index (χ2n) is 5.92. The number of rotatable bonds is 4. The van der Waals surface area contributed by atoms with Crippen LogP contribution in [-0.2, 0) is 6.54 Å². The predicted molar refractivity (Wildman–Crippen MR) is 88.9 cm³/mol. The summed E-state index contributed by atoms with van der Waals surface area (Å²) in [5.74, 6) is 2.57. The number of nitrogens with zero attached hydrogens (tertiary/aromatic N) is 1. The summed E-state index contributed by atoms with van der Waals surface area (Å²) < 4.78 is 7.06. The number of furan rings is 1. The molecule has 1 fully saturated rings. The molecule has 3 rings (SSSR count). The molecule has 1 aromatic carbocycles. The maximum absolute atomic E-state index is 5.99. The summed E-state index contributed by atoms with van der Waals surface area (Å²) >= 11 is 3.45. The van der Waals surface area contributed by atoms with E-state index in [9.17, 15) is 0 Å². The van der Waals surface area contributed by atoms with Gasteiger partial charge in [0.25, 0.3) is 0 Å². The van der Waals surface area contributed by atoms with Gasteiger partial charge in [-0.3, -0.25) is 4.90 Å². The third kappa shape index (κ3) is 3.57. The fourth-order valence-electron chi connectivity index (χ4n) is 2.89. The van der Waals surface area contributed by atoms with Crippen LogP contribution in [0.4, 0.5) is 0 Å². The van der Waals surface area contributed by atoms with Crippen molar-refractivity contribution in [3.05, 3.63) is 46.6 Å². The number of nitrogens with two attached hydrogens (primary N) is 1. The molecule has 0 radical (unpaired) electrons. The third-order valence-electron chi connectivity index (χ3n) is 4.22. The van der Waals surface area contributed by atoms with Crippen molar-refractivity contribution in [2.24, 2.45) is 11.7 Å². The molecule has 2 heterocycles. The topological polar surface area (TPSA) is 42.4 Å². The maximum Gasteiger partial charge on any atom is 0.134 e. The van der Waals surface area contributed by atoms with Crippen LogP contribution in [0.3, 0.4) is 0 Å². The van der Waals surface area contributed by atoms with E-state index in [1.807, 2.05) is 12.1 Å². The van der Waals surface area contributed by atoms with E-state index in [-0.39, 0.29) is 6.04 Å². The maximum atomic E-state index is 5.99. The second kappa shape index (κ2) is 6.34. The van der Waals surface area contributed by atoms with E-state index in [0.29, 0.717) is 5.92 Å². The molecule has 2 aromatic rings. The van der Waals surface area contributed by atoms with Crippen molar-refractivity contribution in [3.8, 4) is 11.3 Å². The van der Waals surface area contributed by atoms with Gasteiger partial charge in [-0.05, 0) is 50.1 Å². The average Bonchev–Trinajstić information content (AvgIpc) is 3.10. The Kier molecular flexibility index (Phi) is 4.48. The Hall–Kier alpha value is -1.10. The highest BCUT2D eigenvalue weighted by Crippen LogP contribution is 2.26. The fraction of sp³-hybridized carbons (Fsp3) is 0.412. The van der Waals surface area contributed by atoms with Crippen LogP contribution in [0.15, 0.2) is 45.3 Å². The molecule has 0 spiro atoms. The van der Waals surface area contributed by atoms with Crippen LogP contribution >= 0.6 is 15.9 Å². The van der Waals surface area contributed by atoms with Gasteiger partial charge in [0, 0.05) is 22.6 Å². The van der Waals surface area contributed by atoms with Gasteiger partial charge >= 0.3 is 0 Å². The van der Waals surface area contributed by atoms with Crippen molar-refractivity contribution in [2.75, 3.05) is 13.1 Å². The molecule has 2 N–H and O–H groups in total. The lowest BCUT2D eigenvalue weighted by Crippen LogP contribution is -2.29. The first kappa shape index (κ1) is 14.8. The number of likely N-dealkylation sites (tertiary alicyclic amines) is 1. The minimum atomic E-state index is 0.282. The van der Waals surface area contributed by atoms with Crippen molar-refractivity contribution >= 4 is 15.9 Å². The largest absolute Gasteiger partial charge is 0.460 e. The minimum absolute atomic E-state index is 0.282. The minimum Gasteiger partial charge on any atom is -0.460 e.